The SMILES string of the molecule is CCCCCCCCCC(NN)c1ccoc1Br. The summed E-state index contributed by atoms with van der Waals surface area (Å²) in [6.07, 6.45) is 12.0. The lowest BCUT2D eigenvalue weighted by Gasteiger charge is -2.14. The fraction of sp³-hybridized carbons (Fsp3) is 0.714. The predicted octanol–water partition coefficient (Wildman–Crippen LogP) is 4.69. The second kappa shape index (κ2) is 9.59. The minimum Gasteiger partial charge on any atom is -0.457 e. The van der Waals surface area contributed by atoms with E-state index in [1.165, 1.54) is 44.9 Å². The summed E-state index contributed by atoms with van der Waals surface area (Å²) < 4.78 is 6.03. The number of rotatable bonds is 10. The molecule has 104 valence electrons. The summed E-state index contributed by atoms with van der Waals surface area (Å²) in [7, 11) is 0. The van der Waals surface area contributed by atoms with Crippen LogP contribution < -0.4 is 11.3 Å². The number of nitrogens with one attached hydrogen (secondary N) is 1. The molecule has 0 radical (unpaired) electrons. The molecule has 1 aromatic heterocycles. The van der Waals surface area contributed by atoms with Crippen molar-refractivity contribution in [1.29, 1.82) is 0 Å². The molecular formula is C14H25BrN2O. The van der Waals surface area contributed by atoms with Crippen molar-refractivity contribution in [2.75, 3.05) is 0 Å². The van der Waals surface area contributed by atoms with Crippen molar-refractivity contribution < 1.29 is 4.42 Å². The largest absolute Gasteiger partial charge is 0.457 e. The van der Waals surface area contributed by atoms with Gasteiger partial charge in [-0.15, -0.1) is 0 Å². The molecule has 0 bridgehead atoms. The van der Waals surface area contributed by atoms with E-state index in [0.29, 0.717) is 0 Å². The van der Waals surface area contributed by atoms with Gasteiger partial charge in [-0.3, -0.25) is 11.3 Å². The fourth-order valence-electron chi connectivity index (χ4n) is 2.19. The maximum atomic E-state index is 5.60. The molecule has 0 amide bonds. The zero-order chi connectivity index (χ0) is 13.2. The number of halogens is 1. The van der Waals surface area contributed by atoms with Crippen molar-refractivity contribution in [2.45, 2.75) is 64.3 Å². The third-order valence-electron chi connectivity index (χ3n) is 3.32. The Hall–Kier alpha value is -0.320. The first-order valence-electron chi connectivity index (χ1n) is 6.98. The highest BCUT2D eigenvalue weighted by Gasteiger charge is 2.14. The second-order valence-corrected chi connectivity index (χ2v) is 5.50. The van der Waals surface area contributed by atoms with Crippen LogP contribution in [-0.4, -0.2) is 0 Å². The quantitative estimate of drug-likeness (QED) is 0.374. The third kappa shape index (κ3) is 5.55. The Kier molecular flexibility index (Phi) is 8.38. The molecule has 0 saturated carbocycles. The first-order valence-corrected chi connectivity index (χ1v) is 7.78. The minimum absolute atomic E-state index is 0.189. The molecule has 4 heteroatoms. The molecule has 1 unspecified atom stereocenters. The molecule has 3 nitrogen and oxygen atoms in total. The molecule has 0 aliphatic heterocycles. The first-order chi connectivity index (χ1) is 8.79. The molecule has 0 fully saturated rings. The van der Waals surface area contributed by atoms with Crippen LogP contribution in [0, 0.1) is 0 Å². The van der Waals surface area contributed by atoms with E-state index in [-0.39, 0.29) is 6.04 Å². The average molecular weight is 317 g/mol. The van der Waals surface area contributed by atoms with Crippen LogP contribution in [-0.2, 0) is 0 Å². The van der Waals surface area contributed by atoms with Gasteiger partial charge in [0, 0.05) is 5.56 Å². The maximum Gasteiger partial charge on any atom is 0.173 e. The van der Waals surface area contributed by atoms with Crippen LogP contribution in [0.1, 0.15) is 69.9 Å². The van der Waals surface area contributed by atoms with Crippen molar-refractivity contribution in [1.82, 2.24) is 5.43 Å². The highest BCUT2D eigenvalue weighted by molar-refractivity contribution is 9.10. The normalized spacial score (nSPS) is 12.8. The van der Waals surface area contributed by atoms with Gasteiger partial charge in [0.15, 0.2) is 4.67 Å². The molecule has 0 aliphatic carbocycles. The van der Waals surface area contributed by atoms with Crippen LogP contribution in [0.3, 0.4) is 0 Å². The van der Waals surface area contributed by atoms with Gasteiger partial charge in [0.25, 0.3) is 0 Å². The Balaban J connectivity index is 2.15. The van der Waals surface area contributed by atoms with Crippen LogP contribution in [0.4, 0.5) is 0 Å². The molecule has 1 atom stereocenters. The topological polar surface area (TPSA) is 51.2 Å². The Labute approximate surface area is 119 Å². The van der Waals surface area contributed by atoms with Crippen molar-refractivity contribution in [3.63, 3.8) is 0 Å². The smallest absolute Gasteiger partial charge is 0.173 e. The zero-order valence-electron chi connectivity index (χ0n) is 11.3. The van der Waals surface area contributed by atoms with E-state index in [9.17, 15) is 0 Å². The van der Waals surface area contributed by atoms with Crippen LogP contribution in [0.5, 0.6) is 0 Å². The van der Waals surface area contributed by atoms with Crippen LogP contribution in [0.2, 0.25) is 0 Å². The van der Waals surface area contributed by atoms with E-state index in [4.69, 9.17) is 10.3 Å². The van der Waals surface area contributed by atoms with Gasteiger partial charge in [-0.05, 0) is 28.4 Å². The van der Waals surface area contributed by atoms with Gasteiger partial charge >= 0.3 is 0 Å². The number of hydrazine groups is 1. The summed E-state index contributed by atoms with van der Waals surface area (Å²) in [6, 6.07) is 2.16. The molecule has 3 N–H and O–H groups in total. The number of nitrogens with two attached hydrogens (primary N) is 1. The van der Waals surface area contributed by atoms with E-state index in [1.54, 1.807) is 6.26 Å². The lowest BCUT2D eigenvalue weighted by molar-refractivity contribution is 0.462. The fourth-order valence-corrected chi connectivity index (χ4v) is 2.70. The highest BCUT2D eigenvalue weighted by Crippen LogP contribution is 2.27. The number of unbranched alkanes of at least 4 members (excludes halogenated alkanes) is 6. The number of furan rings is 1. The van der Waals surface area contributed by atoms with Gasteiger partial charge in [-0.2, -0.15) is 0 Å². The lowest BCUT2D eigenvalue weighted by Crippen LogP contribution is -2.27. The van der Waals surface area contributed by atoms with Crippen LogP contribution in [0.15, 0.2) is 21.4 Å². The summed E-state index contributed by atoms with van der Waals surface area (Å²) in [6.45, 7) is 2.25. The predicted molar refractivity (Wildman–Crippen MR) is 79.1 cm³/mol. The van der Waals surface area contributed by atoms with Crippen molar-refractivity contribution in [3.8, 4) is 0 Å². The average Bonchev–Trinajstić information content (AvgIpc) is 2.79. The van der Waals surface area contributed by atoms with Gasteiger partial charge in [-0.1, -0.05) is 51.9 Å². The third-order valence-corrected chi connectivity index (χ3v) is 3.96. The molecule has 0 saturated heterocycles. The molecule has 0 spiro atoms. The monoisotopic (exact) mass is 316 g/mol. The van der Waals surface area contributed by atoms with Gasteiger partial charge in [-0.25, -0.2) is 0 Å². The van der Waals surface area contributed by atoms with Gasteiger partial charge in [0.1, 0.15) is 0 Å². The second-order valence-electron chi connectivity index (χ2n) is 4.78. The number of hydrogen-bond donors (Lipinski definition) is 2. The minimum atomic E-state index is 0.189. The Morgan fingerprint density at radius 1 is 1.22 bits per heavy atom. The van der Waals surface area contributed by atoms with E-state index in [2.05, 4.69) is 28.3 Å². The van der Waals surface area contributed by atoms with Gasteiger partial charge in [0.05, 0.1) is 12.3 Å². The van der Waals surface area contributed by atoms with E-state index in [1.807, 2.05) is 6.07 Å². The van der Waals surface area contributed by atoms with E-state index < -0.39 is 0 Å². The van der Waals surface area contributed by atoms with Gasteiger partial charge in [0.2, 0.25) is 0 Å². The first kappa shape index (κ1) is 15.7. The molecule has 18 heavy (non-hydrogen) atoms. The van der Waals surface area contributed by atoms with Crippen LogP contribution >= 0.6 is 15.9 Å². The van der Waals surface area contributed by atoms with E-state index in [0.717, 1.165) is 16.7 Å². The summed E-state index contributed by atoms with van der Waals surface area (Å²) >= 11 is 3.40. The Bertz CT molecular complexity index is 314. The molecule has 1 rings (SSSR count). The maximum absolute atomic E-state index is 5.60. The molecular weight excluding hydrogens is 292 g/mol. The zero-order valence-corrected chi connectivity index (χ0v) is 12.8. The van der Waals surface area contributed by atoms with Crippen molar-refractivity contribution >= 4 is 15.9 Å². The molecule has 0 aliphatic rings. The lowest BCUT2D eigenvalue weighted by atomic mass is 10.0. The van der Waals surface area contributed by atoms with Crippen molar-refractivity contribution in [2.24, 2.45) is 5.84 Å². The Morgan fingerprint density at radius 2 is 1.89 bits per heavy atom. The molecule has 1 aromatic rings. The van der Waals surface area contributed by atoms with Crippen LogP contribution in [0.25, 0.3) is 0 Å². The summed E-state index contributed by atoms with van der Waals surface area (Å²) in [5.41, 5.74) is 3.98. The van der Waals surface area contributed by atoms with Crippen molar-refractivity contribution in [3.05, 3.63) is 22.6 Å². The summed E-state index contributed by atoms with van der Waals surface area (Å²) in [5, 5.41) is 0. The van der Waals surface area contributed by atoms with Gasteiger partial charge < -0.3 is 4.42 Å². The molecule has 0 aromatic carbocycles. The standard InChI is InChI=1S/C14H25BrN2O/c1-2-3-4-5-6-7-8-9-13(17-16)12-10-11-18-14(12)15/h10-11,13,17H,2-9,16H2,1H3. The summed E-state index contributed by atoms with van der Waals surface area (Å²) in [5.74, 6) is 5.60. The highest BCUT2D eigenvalue weighted by atomic mass is 79.9. The summed E-state index contributed by atoms with van der Waals surface area (Å²) in [4.78, 5) is 0. The van der Waals surface area contributed by atoms with E-state index >= 15 is 0 Å². The molecule has 1 heterocycles. The number of hydrogen-bond acceptors (Lipinski definition) is 3. The Morgan fingerprint density at radius 3 is 2.44 bits per heavy atom.